The van der Waals surface area contributed by atoms with Gasteiger partial charge in [-0.25, -0.2) is 0 Å². The zero-order valence-electron chi connectivity index (χ0n) is 43.7. The first-order valence-corrected chi connectivity index (χ1v) is 23.3. The summed E-state index contributed by atoms with van der Waals surface area (Å²) in [7, 11) is 0. The minimum absolute atomic E-state index is 0.0778. The van der Waals surface area contributed by atoms with E-state index < -0.39 is 24.8 Å². The van der Waals surface area contributed by atoms with Gasteiger partial charge in [-0.15, -0.1) is 0 Å². The number of furan rings is 3. The van der Waals surface area contributed by atoms with Gasteiger partial charge in [-0.05, 0) is 97.6 Å². The van der Waals surface area contributed by atoms with Crippen molar-refractivity contribution in [3.8, 4) is 33.4 Å². The lowest BCUT2D eigenvalue weighted by molar-refractivity contribution is 0.590. The molecule has 328 valence electrons. The summed E-state index contributed by atoms with van der Waals surface area (Å²) in [6.07, 6.45) is 0. The van der Waals surface area contributed by atoms with Crippen molar-refractivity contribution in [2.45, 2.75) is 52.4 Å². The van der Waals surface area contributed by atoms with Crippen LogP contribution in [0.4, 0.5) is 34.5 Å². The standard InChI is InChI=1S/C62H49BN2O3/c1-61(2,3)42-31-33-53-46(36-42)57-58(66-53)63-47-37-43(62(4,5)6)30-32-48(47)64(59-54(39-22-12-8-13-23-39)44-26-16-18-28-51(44)67-59)49-34-41(38-20-10-7-11-21-38)35-50(56(49)63)65(57)60-55(40-24-14-9-15-25-40)45-27-17-19-29-52(45)68-60/h7-37H,1-6H3/i7D,10D,11D,20D,21D. The largest absolute Gasteiger partial charge is 0.468 e. The maximum Gasteiger partial charge on any atom is 0.297 e. The van der Waals surface area contributed by atoms with Gasteiger partial charge in [0.25, 0.3) is 6.71 Å². The Kier molecular flexibility index (Phi) is 7.66. The minimum atomic E-state index is -0.501. The monoisotopic (exact) mass is 885 g/mol. The molecule has 0 saturated carbocycles. The molecule has 6 heteroatoms. The summed E-state index contributed by atoms with van der Waals surface area (Å²) >= 11 is 0. The topological polar surface area (TPSA) is 45.9 Å². The molecule has 0 aliphatic carbocycles. The van der Waals surface area contributed by atoms with Gasteiger partial charge in [0.15, 0.2) is 0 Å². The normalized spacial score (nSPS) is 14.4. The van der Waals surface area contributed by atoms with Crippen LogP contribution in [0.3, 0.4) is 0 Å². The molecule has 2 aliphatic rings. The van der Waals surface area contributed by atoms with Gasteiger partial charge in [0, 0.05) is 33.2 Å². The molecule has 8 aromatic carbocycles. The van der Waals surface area contributed by atoms with Crippen LogP contribution in [0, 0.1) is 0 Å². The summed E-state index contributed by atoms with van der Waals surface area (Å²) in [4.78, 5) is 4.36. The number of hydrogen-bond donors (Lipinski definition) is 0. The van der Waals surface area contributed by atoms with E-state index in [2.05, 4.69) is 124 Å². The zero-order chi connectivity index (χ0) is 50.4. The van der Waals surface area contributed by atoms with E-state index in [0.717, 1.165) is 77.5 Å². The van der Waals surface area contributed by atoms with Crippen molar-refractivity contribution in [3.63, 3.8) is 0 Å². The van der Waals surface area contributed by atoms with E-state index in [1.54, 1.807) is 0 Å². The lowest BCUT2D eigenvalue weighted by Gasteiger charge is -2.42. The number of nitrogens with zero attached hydrogens (tertiary/aromatic N) is 2. The van der Waals surface area contributed by atoms with Gasteiger partial charge in [-0.2, -0.15) is 0 Å². The van der Waals surface area contributed by atoms with Gasteiger partial charge in [0.2, 0.25) is 11.8 Å². The number of para-hydroxylation sites is 2. The number of benzene rings is 8. The van der Waals surface area contributed by atoms with Crippen LogP contribution in [-0.2, 0) is 10.8 Å². The summed E-state index contributed by atoms with van der Waals surface area (Å²) in [5, 5.41) is 2.74. The van der Waals surface area contributed by atoms with Crippen molar-refractivity contribution in [2.24, 2.45) is 0 Å². The molecule has 0 radical (unpaired) electrons. The Labute approximate surface area is 404 Å². The number of anilines is 6. The maximum atomic E-state index is 9.49. The molecule has 2 aliphatic heterocycles. The van der Waals surface area contributed by atoms with E-state index in [4.69, 9.17) is 17.4 Å². The highest BCUT2D eigenvalue weighted by Gasteiger charge is 2.49. The van der Waals surface area contributed by atoms with Crippen LogP contribution < -0.4 is 26.4 Å². The van der Waals surface area contributed by atoms with Crippen LogP contribution >= 0.6 is 0 Å². The van der Waals surface area contributed by atoms with Crippen LogP contribution in [0.2, 0.25) is 0 Å². The van der Waals surface area contributed by atoms with Crippen molar-refractivity contribution < 1.29 is 20.1 Å². The van der Waals surface area contributed by atoms with Crippen LogP contribution in [-0.4, -0.2) is 6.71 Å². The summed E-state index contributed by atoms with van der Waals surface area (Å²) in [5.41, 5.74) is 13.7. The first kappa shape index (κ1) is 35.3. The molecular weight excluding hydrogens is 832 g/mol. The van der Waals surface area contributed by atoms with E-state index in [9.17, 15) is 2.74 Å². The Morgan fingerprint density at radius 1 is 0.441 bits per heavy atom. The van der Waals surface area contributed by atoms with Gasteiger partial charge >= 0.3 is 0 Å². The molecule has 0 saturated heterocycles. The molecule has 0 atom stereocenters. The first-order valence-electron chi connectivity index (χ1n) is 25.8. The highest BCUT2D eigenvalue weighted by Crippen LogP contribution is 2.54. The Balaban J connectivity index is 1.25. The number of hydrogen-bond acceptors (Lipinski definition) is 5. The van der Waals surface area contributed by atoms with Crippen molar-refractivity contribution >= 4 is 90.7 Å². The van der Waals surface area contributed by atoms with Crippen molar-refractivity contribution in [1.82, 2.24) is 0 Å². The third-order valence-electron chi connectivity index (χ3n) is 13.9. The quantitative estimate of drug-likeness (QED) is 0.161. The minimum Gasteiger partial charge on any atom is -0.468 e. The van der Waals surface area contributed by atoms with Crippen LogP contribution in [0.1, 0.15) is 59.5 Å². The third-order valence-corrected chi connectivity index (χ3v) is 13.9. The van der Waals surface area contributed by atoms with E-state index in [-0.39, 0.29) is 28.5 Å². The van der Waals surface area contributed by atoms with E-state index in [1.807, 2.05) is 84.9 Å². The highest BCUT2D eigenvalue weighted by atomic mass is 16.4. The van der Waals surface area contributed by atoms with Gasteiger partial charge in [-0.1, -0.05) is 187 Å². The van der Waals surface area contributed by atoms with E-state index in [0.29, 0.717) is 45.5 Å². The molecule has 13 rings (SSSR count). The molecular formula is C62H49BN2O3. The smallest absolute Gasteiger partial charge is 0.297 e. The molecule has 0 fully saturated rings. The Morgan fingerprint density at radius 3 is 1.56 bits per heavy atom. The van der Waals surface area contributed by atoms with Crippen molar-refractivity contribution in [2.75, 3.05) is 9.80 Å². The average molecular weight is 886 g/mol. The molecule has 5 nitrogen and oxygen atoms in total. The molecule has 3 aromatic heterocycles. The molecule has 0 N–H and O–H groups in total. The molecule has 0 amide bonds. The predicted octanol–water partition coefficient (Wildman–Crippen LogP) is 15.6. The van der Waals surface area contributed by atoms with E-state index in [1.165, 1.54) is 0 Å². The molecule has 0 bridgehead atoms. The number of rotatable bonds is 5. The van der Waals surface area contributed by atoms with Gasteiger partial charge in [0.1, 0.15) is 16.7 Å². The van der Waals surface area contributed by atoms with Gasteiger partial charge in [0.05, 0.1) is 29.3 Å². The summed E-state index contributed by atoms with van der Waals surface area (Å²) in [6.45, 7) is 12.8. The lowest BCUT2D eigenvalue weighted by Crippen LogP contribution is -2.61. The Morgan fingerprint density at radius 2 is 0.956 bits per heavy atom. The van der Waals surface area contributed by atoms with Crippen LogP contribution in [0.15, 0.2) is 201 Å². The van der Waals surface area contributed by atoms with Crippen LogP contribution in [0.5, 0.6) is 0 Å². The summed E-state index contributed by atoms with van der Waals surface area (Å²) in [5.74, 6) is 1.12. The summed E-state index contributed by atoms with van der Waals surface area (Å²) < 4.78 is 67.4. The summed E-state index contributed by atoms with van der Waals surface area (Å²) in [6, 6.07) is 51.9. The molecule has 0 spiro atoms. The second-order valence-corrected chi connectivity index (χ2v) is 20.1. The van der Waals surface area contributed by atoms with Crippen molar-refractivity contribution in [1.29, 1.82) is 0 Å². The number of fused-ring (bicyclic) bond motifs is 8. The van der Waals surface area contributed by atoms with Gasteiger partial charge in [-0.3, -0.25) is 9.80 Å². The molecule has 11 aromatic rings. The second kappa shape index (κ2) is 14.8. The zero-order valence-corrected chi connectivity index (χ0v) is 38.7. The van der Waals surface area contributed by atoms with E-state index >= 15 is 0 Å². The third kappa shape index (κ3) is 6.09. The average Bonchev–Trinajstić information content (AvgIpc) is 4.10. The highest BCUT2D eigenvalue weighted by molar-refractivity contribution is 7.00. The predicted molar refractivity (Wildman–Crippen MR) is 283 cm³/mol. The maximum absolute atomic E-state index is 9.49. The first-order chi connectivity index (χ1) is 35.1. The molecule has 5 heterocycles. The van der Waals surface area contributed by atoms with Crippen LogP contribution in [0.25, 0.3) is 66.3 Å². The van der Waals surface area contributed by atoms with Gasteiger partial charge < -0.3 is 13.3 Å². The fraction of sp³-hybridized carbons (Fsp3) is 0.129. The molecule has 68 heavy (non-hydrogen) atoms. The Bertz CT molecular complexity index is 4060. The SMILES string of the molecule is [2H]c1c([2H])c([2H])c(-c2cc3c4c(c2)N(c2oc5ccccc5c2-c2ccccc2)c2c(oc5ccc(C(C)(C)C)cc25)B4c2cc(C(C)(C)C)ccc2N3c2oc3ccccc3c2-c2ccccc2)c([2H])c1[2H]. The Hall–Kier alpha value is -7.96. The molecule has 0 unspecified atom stereocenters. The second-order valence-electron chi connectivity index (χ2n) is 20.1. The lowest BCUT2D eigenvalue weighted by atomic mass is 9.35. The fourth-order valence-corrected chi connectivity index (χ4v) is 10.5. The fourth-order valence-electron chi connectivity index (χ4n) is 10.5. The van der Waals surface area contributed by atoms with Crippen molar-refractivity contribution in [3.05, 3.63) is 199 Å².